The fourth-order valence-electron chi connectivity index (χ4n) is 3.89. The predicted molar refractivity (Wildman–Crippen MR) is 139 cm³/mol. The van der Waals surface area contributed by atoms with Gasteiger partial charge in [-0.2, -0.15) is 0 Å². The summed E-state index contributed by atoms with van der Waals surface area (Å²) in [5.41, 5.74) is 3.41. The van der Waals surface area contributed by atoms with Crippen molar-refractivity contribution < 1.29 is 24.2 Å². The summed E-state index contributed by atoms with van der Waals surface area (Å²) in [7, 11) is 0. The first-order chi connectivity index (χ1) is 17.3. The Kier molecular flexibility index (Phi) is 7.35. The van der Waals surface area contributed by atoms with Gasteiger partial charge in [0.15, 0.2) is 0 Å². The maximum absolute atomic E-state index is 12.3. The van der Waals surface area contributed by atoms with E-state index in [0.717, 1.165) is 22.4 Å². The largest absolute Gasteiger partial charge is 0.489 e. The molecule has 0 aliphatic heterocycles. The van der Waals surface area contributed by atoms with Crippen LogP contribution in [0.4, 0.5) is 10.5 Å². The number of aromatic carboxylic acids is 1. The molecule has 0 aliphatic rings. The van der Waals surface area contributed by atoms with E-state index in [4.69, 9.17) is 14.6 Å². The average molecular weight is 482 g/mol. The summed E-state index contributed by atoms with van der Waals surface area (Å²) in [4.78, 5) is 23.2. The van der Waals surface area contributed by atoms with Crippen LogP contribution in [0.1, 0.15) is 40.9 Å². The Morgan fingerprint density at radius 1 is 0.806 bits per heavy atom. The summed E-state index contributed by atoms with van der Waals surface area (Å²) in [6.07, 6.45) is -0.662. The second kappa shape index (κ2) is 10.8. The number of carbonyl (C=O) groups is 2. The van der Waals surface area contributed by atoms with Crippen molar-refractivity contribution in [2.24, 2.45) is 0 Å². The van der Waals surface area contributed by atoms with Gasteiger partial charge >= 0.3 is 12.1 Å². The van der Waals surface area contributed by atoms with Gasteiger partial charge in [0.2, 0.25) is 0 Å². The van der Waals surface area contributed by atoms with Crippen LogP contribution in [0.2, 0.25) is 0 Å². The number of rotatable bonds is 8. The molecule has 182 valence electrons. The maximum atomic E-state index is 12.3. The van der Waals surface area contributed by atoms with Crippen LogP contribution in [0.3, 0.4) is 0 Å². The molecule has 0 atom stereocenters. The minimum absolute atomic E-state index is 0.138. The minimum atomic E-state index is -1.03. The predicted octanol–water partition coefficient (Wildman–Crippen LogP) is 6.90. The summed E-state index contributed by atoms with van der Waals surface area (Å²) in [5.74, 6) is 0.181. The van der Waals surface area contributed by atoms with Crippen LogP contribution in [0.15, 0.2) is 103 Å². The van der Waals surface area contributed by atoms with E-state index in [0.29, 0.717) is 18.0 Å². The Labute approximate surface area is 210 Å². The third-order valence-corrected chi connectivity index (χ3v) is 5.96. The molecule has 36 heavy (non-hydrogen) atoms. The van der Waals surface area contributed by atoms with E-state index in [1.54, 1.807) is 12.1 Å². The highest BCUT2D eigenvalue weighted by Crippen LogP contribution is 2.38. The quantitative estimate of drug-likeness (QED) is 0.286. The molecule has 0 radical (unpaired) electrons. The van der Waals surface area contributed by atoms with Crippen molar-refractivity contribution in [3.8, 4) is 11.5 Å². The Balaban J connectivity index is 1.43. The van der Waals surface area contributed by atoms with Gasteiger partial charge in [0.25, 0.3) is 0 Å². The van der Waals surface area contributed by atoms with Crippen LogP contribution >= 0.6 is 0 Å². The van der Waals surface area contributed by atoms with Crippen LogP contribution in [0.5, 0.6) is 11.5 Å². The lowest BCUT2D eigenvalue weighted by molar-refractivity contribution is 0.0697. The number of hydrogen-bond donors (Lipinski definition) is 2. The number of carboxylic acids is 1. The SMILES string of the molecule is CC(C)(c1ccc(OC(=O)Nc2ccc(C(=O)O)cc2)cc1)c1ccccc1OCc1ccccc1. The lowest BCUT2D eigenvalue weighted by Gasteiger charge is -2.28. The Morgan fingerprint density at radius 2 is 1.44 bits per heavy atom. The molecule has 0 spiro atoms. The summed E-state index contributed by atoms with van der Waals surface area (Å²) in [5, 5.41) is 11.6. The molecule has 0 aliphatic carbocycles. The van der Waals surface area contributed by atoms with Crippen molar-refractivity contribution in [2.75, 3.05) is 5.32 Å². The van der Waals surface area contributed by atoms with E-state index >= 15 is 0 Å². The van der Waals surface area contributed by atoms with Gasteiger partial charge in [0, 0.05) is 16.7 Å². The lowest BCUT2D eigenvalue weighted by atomic mass is 9.77. The monoisotopic (exact) mass is 481 g/mol. The number of para-hydroxylation sites is 1. The van der Waals surface area contributed by atoms with Gasteiger partial charge in [0.05, 0.1) is 5.56 Å². The van der Waals surface area contributed by atoms with Gasteiger partial charge in [-0.1, -0.05) is 74.5 Å². The Hall–Kier alpha value is -4.58. The zero-order chi connectivity index (χ0) is 25.5. The van der Waals surface area contributed by atoms with Gasteiger partial charge in [-0.25, -0.2) is 9.59 Å². The molecule has 0 unspecified atom stereocenters. The van der Waals surface area contributed by atoms with Crippen molar-refractivity contribution in [1.82, 2.24) is 0 Å². The van der Waals surface area contributed by atoms with E-state index in [1.807, 2.05) is 60.7 Å². The number of amides is 1. The average Bonchev–Trinajstić information content (AvgIpc) is 2.89. The molecule has 6 heteroatoms. The van der Waals surface area contributed by atoms with E-state index < -0.39 is 12.1 Å². The third kappa shape index (κ3) is 5.91. The standard InChI is InChI=1S/C30H27NO5/c1-30(2,26-10-6-7-11-27(26)35-20-21-8-4-3-5-9-21)23-14-18-25(19-15-23)36-29(34)31-24-16-12-22(13-17-24)28(32)33/h3-19H,20H2,1-2H3,(H,31,34)(H,32,33). The molecule has 4 rings (SSSR count). The van der Waals surface area contributed by atoms with Crippen LogP contribution in [0, 0.1) is 0 Å². The topological polar surface area (TPSA) is 84.9 Å². The van der Waals surface area contributed by atoms with Gasteiger partial charge in [0.1, 0.15) is 18.1 Å². The molecule has 0 saturated carbocycles. The summed E-state index contributed by atoms with van der Waals surface area (Å²) >= 11 is 0. The van der Waals surface area contributed by atoms with Crippen LogP contribution < -0.4 is 14.8 Å². The highest BCUT2D eigenvalue weighted by Gasteiger charge is 2.26. The van der Waals surface area contributed by atoms with E-state index in [1.165, 1.54) is 24.3 Å². The summed E-state index contributed by atoms with van der Waals surface area (Å²) < 4.78 is 11.6. The highest BCUT2D eigenvalue weighted by molar-refractivity contribution is 5.90. The van der Waals surface area contributed by atoms with Gasteiger partial charge in [-0.15, -0.1) is 0 Å². The number of benzene rings is 4. The lowest BCUT2D eigenvalue weighted by Crippen LogP contribution is -2.20. The number of anilines is 1. The summed E-state index contributed by atoms with van der Waals surface area (Å²) in [6.45, 7) is 4.73. The molecule has 0 saturated heterocycles. The fourth-order valence-corrected chi connectivity index (χ4v) is 3.89. The van der Waals surface area contributed by atoms with E-state index in [2.05, 4.69) is 25.2 Å². The molecule has 6 nitrogen and oxygen atoms in total. The number of hydrogen-bond acceptors (Lipinski definition) is 4. The van der Waals surface area contributed by atoms with Crippen LogP contribution in [-0.2, 0) is 12.0 Å². The molecule has 4 aromatic rings. The molecular formula is C30H27NO5. The number of nitrogens with one attached hydrogen (secondary N) is 1. The Morgan fingerprint density at radius 3 is 2.11 bits per heavy atom. The zero-order valence-corrected chi connectivity index (χ0v) is 20.1. The third-order valence-electron chi connectivity index (χ3n) is 5.96. The van der Waals surface area contributed by atoms with Crippen LogP contribution in [0.25, 0.3) is 0 Å². The molecule has 2 N–H and O–H groups in total. The van der Waals surface area contributed by atoms with Gasteiger partial charge in [-0.3, -0.25) is 5.32 Å². The Bertz CT molecular complexity index is 1330. The first-order valence-corrected chi connectivity index (χ1v) is 11.5. The molecule has 0 heterocycles. The van der Waals surface area contributed by atoms with Crippen LogP contribution in [-0.4, -0.2) is 17.2 Å². The van der Waals surface area contributed by atoms with E-state index in [9.17, 15) is 9.59 Å². The molecule has 4 aromatic carbocycles. The van der Waals surface area contributed by atoms with E-state index in [-0.39, 0.29) is 11.0 Å². The number of carbonyl (C=O) groups excluding carboxylic acids is 1. The van der Waals surface area contributed by atoms with Crippen molar-refractivity contribution in [1.29, 1.82) is 0 Å². The smallest absolute Gasteiger partial charge is 0.417 e. The van der Waals surface area contributed by atoms with Crippen molar-refractivity contribution in [3.05, 3.63) is 125 Å². The van der Waals surface area contributed by atoms with Crippen molar-refractivity contribution in [3.63, 3.8) is 0 Å². The zero-order valence-electron chi connectivity index (χ0n) is 20.1. The fraction of sp³-hybridized carbons (Fsp3) is 0.133. The number of carboxylic acid groups (broad SMARTS) is 1. The highest BCUT2D eigenvalue weighted by atomic mass is 16.6. The summed E-state index contributed by atoms with van der Waals surface area (Å²) in [6, 6.07) is 31.2. The van der Waals surface area contributed by atoms with Gasteiger partial charge in [-0.05, 0) is 53.6 Å². The van der Waals surface area contributed by atoms with Crippen molar-refractivity contribution in [2.45, 2.75) is 25.9 Å². The molecular weight excluding hydrogens is 454 g/mol. The second-order valence-corrected chi connectivity index (χ2v) is 8.82. The molecule has 0 bridgehead atoms. The molecule has 0 aromatic heterocycles. The van der Waals surface area contributed by atoms with Crippen molar-refractivity contribution >= 4 is 17.7 Å². The molecule has 1 amide bonds. The normalized spacial score (nSPS) is 10.9. The number of ether oxygens (including phenoxy) is 2. The minimum Gasteiger partial charge on any atom is -0.489 e. The second-order valence-electron chi connectivity index (χ2n) is 8.82. The first kappa shape index (κ1) is 24.5. The van der Waals surface area contributed by atoms with Gasteiger partial charge < -0.3 is 14.6 Å². The first-order valence-electron chi connectivity index (χ1n) is 11.5. The molecule has 0 fully saturated rings. The maximum Gasteiger partial charge on any atom is 0.417 e.